The summed E-state index contributed by atoms with van der Waals surface area (Å²) in [4.78, 5) is 4.81. The zero-order valence-electron chi connectivity index (χ0n) is 17.5. The minimum atomic E-state index is -0.159. The summed E-state index contributed by atoms with van der Waals surface area (Å²) < 4.78 is 13.1. The molecular weight excluding hydrogens is 397 g/mol. The van der Waals surface area contributed by atoms with Crippen LogP contribution in [0.1, 0.15) is 36.8 Å². The smallest absolute Gasteiger partial charge is 0.123 e. The van der Waals surface area contributed by atoms with Crippen molar-refractivity contribution >= 4 is 23.0 Å². The number of benzene rings is 2. The Labute approximate surface area is 184 Å². The molecule has 2 aromatic rings. The monoisotopic (exact) mass is 427 g/mol. The maximum Gasteiger partial charge on any atom is 0.123 e. The van der Waals surface area contributed by atoms with Crippen molar-refractivity contribution in [1.82, 2.24) is 4.90 Å². The number of nitrogens with two attached hydrogens (primary N) is 1. The zero-order valence-corrected chi connectivity index (χ0v) is 18.3. The number of likely N-dealkylation sites (tertiary alicyclic amines) is 1. The van der Waals surface area contributed by atoms with E-state index in [0.29, 0.717) is 5.02 Å². The molecule has 2 N–H and O–H groups in total. The van der Waals surface area contributed by atoms with E-state index in [0.717, 1.165) is 68.4 Å². The Morgan fingerprint density at radius 2 is 1.87 bits per heavy atom. The number of hydrogen-bond donors (Lipinski definition) is 1. The largest absolute Gasteiger partial charge is 0.397 e. The van der Waals surface area contributed by atoms with Crippen molar-refractivity contribution in [3.63, 3.8) is 0 Å². The summed E-state index contributed by atoms with van der Waals surface area (Å²) in [6.45, 7) is 8.45. The van der Waals surface area contributed by atoms with Gasteiger partial charge in [0.1, 0.15) is 5.82 Å². The fourth-order valence-electron chi connectivity index (χ4n) is 4.85. The van der Waals surface area contributed by atoms with Crippen LogP contribution in [0.2, 0.25) is 5.02 Å². The van der Waals surface area contributed by atoms with Crippen LogP contribution in [0.3, 0.4) is 0 Å². The minimum Gasteiger partial charge on any atom is -0.397 e. The number of halogens is 2. The van der Waals surface area contributed by atoms with E-state index in [-0.39, 0.29) is 5.82 Å². The molecule has 0 bridgehead atoms. The molecule has 2 aliphatic rings. The van der Waals surface area contributed by atoms with Gasteiger partial charge in [-0.3, -0.25) is 4.90 Å². The maximum absolute atomic E-state index is 13.1. The number of anilines is 2. The number of nitrogens with zero attached hydrogens (tertiary/aromatic N) is 2. The van der Waals surface area contributed by atoms with Crippen LogP contribution in [-0.4, -0.2) is 31.1 Å². The van der Waals surface area contributed by atoms with Gasteiger partial charge < -0.3 is 10.6 Å². The number of aryl methyl sites for hydroxylation is 2. The first-order valence-corrected chi connectivity index (χ1v) is 11.4. The lowest BCUT2D eigenvalue weighted by Gasteiger charge is -2.38. The number of piperidine rings is 1. The molecule has 3 nitrogen and oxygen atoms in total. The SMILES string of the molecule is C=C(CN1CCC(CCc2ccc(F)cc2)CC1)N1CCCc2cc(Cl)cc(N)c21. The average molecular weight is 428 g/mol. The Bertz CT molecular complexity index is 888. The van der Waals surface area contributed by atoms with Crippen LogP contribution in [0, 0.1) is 11.7 Å². The van der Waals surface area contributed by atoms with Crippen LogP contribution < -0.4 is 10.6 Å². The molecule has 0 radical (unpaired) electrons. The first kappa shape index (κ1) is 21.2. The Kier molecular flexibility index (Phi) is 6.64. The van der Waals surface area contributed by atoms with Gasteiger partial charge in [-0.15, -0.1) is 0 Å². The van der Waals surface area contributed by atoms with Gasteiger partial charge in [-0.2, -0.15) is 0 Å². The van der Waals surface area contributed by atoms with Crippen molar-refractivity contribution in [2.75, 3.05) is 36.8 Å². The van der Waals surface area contributed by atoms with Gasteiger partial charge in [0.05, 0.1) is 11.4 Å². The standard InChI is InChI=1S/C25H31ClFN3/c1-18(30-12-2-3-21-15-22(26)16-24(28)25(21)30)17-29-13-10-20(11-14-29)5-4-19-6-8-23(27)9-7-19/h6-9,15-16,20H,1-5,10-14,17,28H2. The van der Waals surface area contributed by atoms with Gasteiger partial charge >= 0.3 is 0 Å². The molecule has 0 aromatic heterocycles. The molecule has 0 spiro atoms. The summed E-state index contributed by atoms with van der Waals surface area (Å²) in [5.41, 5.74) is 11.7. The molecule has 0 aliphatic carbocycles. The van der Waals surface area contributed by atoms with E-state index < -0.39 is 0 Å². The van der Waals surface area contributed by atoms with Gasteiger partial charge in [0.15, 0.2) is 0 Å². The van der Waals surface area contributed by atoms with Gasteiger partial charge in [0, 0.05) is 23.8 Å². The molecule has 0 amide bonds. The van der Waals surface area contributed by atoms with Gasteiger partial charge in [0.2, 0.25) is 0 Å². The number of hydrogen-bond acceptors (Lipinski definition) is 3. The molecule has 2 aliphatic heterocycles. The normalized spacial score (nSPS) is 17.7. The fourth-order valence-corrected chi connectivity index (χ4v) is 5.10. The van der Waals surface area contributed by atoms with Gasteiger partial charge in [-0.1, -0.05) is 30.3 Å². The molecule has 2 heterocycles. The van der Waals surface area contributed by atoms with E-state index in [9.17, 15) is 4.39 Å². The van der Waals surface area contributed by atoms with Crippen molar-refractivity contribution in [2.24, 2.45) is 5.92 Å². The highest BCUT2D eigenvalue weighted by molar-refractivity contribution is 6.31. The number of fused-ring (bicyclic) bond motifs is 1. The Morgan fingerprint density at radius 3 is 2.60 bits per heavy atom. The highest BCUT2D eigenvalue weighted by atomic mass is 35.5. The van der Waals surface area contributed by atoms with Crippen LogP contribution in [0.5, 0.6) is 0 Å². The number of nitrogen functional groups attached to an aromatic ring is 1. The van der Waals surface area contributed by atoms with Crippen LogP contribution in [0.15, 0.2) is 48.7 Å². The lowest BCUT2D eigenvalue weighted by Crippen LogP contribution is -2.39. The molecule has 4 rings (SSSR count). The highest BCUT2D eigenvalue weighted by Gasteiger charge is 2.25. The fraction of sp³-hybridized carbons (Fsp3) is 0.440. The topological polar surface area (TPSA) is 32.5 Å². The quantitative estimate of drug-likeness (QED) is 0.602. The molecular formula is C25H31ClFN3. The predicted octanol–water partition coefficient (Wildman–Crippen LogP) is 5.67. The molecule has 0 saturated carbocycles. The third kappa shape index (κ3) is 4.98. The number of rotatable bonds is 6. The van der Waals surface area contributed by atoms with Gasteiger partial charge in [0.25, 0.3) is 0 Å². The van der Waals surface area contributed by atoms with Crippen molar-refractivity contribution < 1.29 is 4.39 Å². The highest BCUT2D eigenvalue weighted by Crippen LogP contribution is 2.37. The van der Waals surface area contributed by atoms with E-state index in [4.69, 9.17) is 17.3 Å². The van der Waals surface area contributed by atoms with Crippen molar-refractivity contribution in [1.29, 1.82) is 0 Å². The van der Waals surface area contributed by atoms with E-state index in [1.54, 1.807) is 12.1 Å². The van der Waals surface area contributed by atoms with E-state index in [1.807, 2.05) is 24.3 Å². The molecule has 1 fully saturated rings. The first-order chi connectivity index (χ1) is 14.5. The molecule has 1 saturated heterocycles. The van der Waals surface area contributed by atoms with Crippen LogP contribution >= 0.6 is 11.6 Å². The summed E-state index contributed by atoms with van der Waals surface area (Å²) in [5, 5.41) is 0.710. The maximum atomic E-state index is 13.1. The second kappa shape index (κ2) is 9.40. The molecule has 0 unspecified atom stereocenters. The average Bonchev–Trinajstić information content (AvgIpc) is 2.73. The van der Waals surface area contributed by atoms with Crippen LogP contribution in [-0.2, 0) is 12.8 Å². The van der Waals surface area contributed by atoms with E-state index in [2.05, 4.69) is 16.4 Å². The van der Waals surface area contributed by atoms with E-state index >= 15 is 0 Å². The third-order valence-electron chi connectivity index (χ3n) is 6.53. The first-order valence-electron chi connectivity index (χ1n) is 11.0. The lowest BCUT2D eigenvalue weighted by molar-refractivity contribution is 0.190. The van der Waals surface area contributed by atoms with Crippen molar-refractivity contribution in [2.45, 2.75) is 38.5 Å². The second-order valence-electron chi connectivity index (χ2n) is 8.71. The molecule has 2 aromatic carbocycles. The van der Waals surface area contributed by atoms with Gasteiger partial charge in [-0.25, -0.2) is 4.39 Å². The van der Waals surface area contributed by atoms with Crippen molar-refractivity contribution in [3.05, 3.63) is 70.6 Å². The third-order valence-corrected chi connectivity index (χ3v) is 6.75. The Morgan fingerprint density at radius 1 is 1.13 bits per heavy atom. The summed E-state index contributed by atoms with van der Waals surface area (Å²) in [6.07, 6.45) is 6.74. The Balaban J connectivity index is 1.28. The van der Waals surface area contributed by atoms with Crippen LogP contribution in [0.4, 0.5) is 15.8 Å². The van der Waals surface area contributed by atoms with Crippen LogP contribution in [0.25, 0.3) is 0 Å². The zero-order chi connectivity index (χ0) is 21.1. The molecule has 160 valence electrons. The summed E-state index contributed by atoms with van der Waals surface area (Å²) in [6, 6.07) is 10.8. The van der Waals surface area contributed by atoms with Crippen molar-refractivity contribution in [3.8, 4) is 0 Å². The summed E-state index contributed by atoms with van der Waals surface area (Å²) >= 11 is 6.20. The minimum absolute atomic E-state index is 0.159. The molecule has 30 heavy (non-hydrogen) atoms. The summed E-state index contributed by atoms with van der Waals surface area (Å²) in [5.74, 6) is 0.585. The second-order valence-corrected chi connectivity index (χ2v) is 9.15. The van der Waals surface area contributed by atoms with E-state index in [1.165, 1.54) is 30.4 Å². The Hall–Kier alpha value is -2.04. The van der Waals surface area contributed by atoms with Gasteiger partial charge in [-0.05, 0) is 92.9 Å². The lowest BCUT2D eigenvalue weighted by atomic mass is 9.90. The predicted molar refractivity (Wildman–Crippen MR) is 125 cm³/mol. The molecule has 5 heteroatoms. The molecule has 0 atom stereocenters. The summed E-state index contributed by atoms with van der Waals surface area (Å²) in [7, 11) is 0.